The fraction of sp³-hybridized carbons (Fsp3) is 0.667. The van der Waals surface area contributed by atoms with Crippen LogP contribution in [0.4, 0.5) is 0 Å². The highest BCUT2D eigenvalue weighted by molar-refractivity contribution is 7.98. The fourth-order valence-corrected chi connectivity index (χ4v) is 3.22. The summed E-state index contributed by atoms with van der Waals surface area (Å²) in [5, 5.41) is 0. The number of hydrogen-bond donors (Lipinski definition) is 1. The lowest BCUT2D eigenvalue weighted by Gasteiger charge is -2.06. The number of nitrogens with zero attached hydrogens (tertiary/aromatic N) is 1. The van der Waals surface area contributed by atoms with Crippen LogP contribution in [0, 0.1) is 10.6 Å². The van der Waals surface area contributed by atoms with E-state index < -0.39 is 0 Å². The molecular formula is C12H18N2S2. The summed E-state index contributed by atoms with van der Waals surface area (Å²) in [4.78, 5) is 7.92. The highest BCUT2D eigenvalue weighted by Crippen LogP contribution is 2.21. The lowest BCUT2D eigenvalue weighted by Crippen LogP contribution is -2.01. The molecule has 0 saturated carbocycles. The van der Waals surface area contributed by atoms with Gasteiger partial charge in [-0.2, -0.15) is 11.8 Å². The van der Waals surface area contributed by atoms with Crippen LogP contribution in [0.25, 0.3) is 0 Å². The van der Waals surface area contributed by atoms with Crippen molar-refractivity contribution in [1.82, 2.24) is 9.97 Å². The van der Waals surface area contributed by atoms with Crippen LogP contribution in [0.5, 0.6) is 0 Å². The van der Waals surface area contributed by atoms with Crippen molar-refractivity contribution in [2.75, 3.05) is 5.75 Å². The van der Waals surface area contributed by atoms with Crippen LogP contribution >= 0.6 is 24.0 Å². The second kappa shape index (κ2) is 5.32. The fourth-order valence-electron chi connectivity index (χ4n) is 1.97. The average molecular weight is 254 g/mol. The van der Waals surface area contributed by atoms with Crippen molar-refractivity contribution in [3.8, 4) is 0 Å². The van der Waals surface area contributed by atoms with E-state index in [-0.39, 0.29) is 0 Å². The van der Waals surface area contributed by atoms with Gasteiger partial charge in [0, 0.05) is 11.3 Å². The second-order valence-electron chi connectivity index (χ2n) is 4.71. The van der Waals surface area contributed by atoms with E-state index in [0.29, 0.717) is 0 Å². The van der Waals surface area contributed by atoms with E-state index in [0.717, 1.165) is 35.0 Å². The van der Waals surface area contributed by atoms with Crippen LogP contribution in [-0.2, 0) is 18.6 Å². The molecule has 1 aromatic rings. The number of nitrogens with one attached hydrogen (secondary N) is 1. The summed E-state index contributed by atoms with van der Waals surface area (Å²) in [6.07, 6.45) is 3.47. The molecule has 0 bridgehead atoms. The Kier molecular flexibility index (Phi) is 4.03. The lowest BCUT2D eigenvalue weighted by molar-refractivity contribution is 0.749. The Balaban J connectivity index is 2.06. The van der Waals surface area contributed by atoms with E-state index in [2.05, 4.69) is 23.8 Å². The molecule has 0 unspecified atom stereocenters. The third-order valence-corrected chi connectivity index (χ3v) is 4.42. The minimum atomic E-state index is 0.738. The normalized spacial score (nSPS) is 14.4. The molecule has 88 valence electrons. The van der Waals surface area contributed by atoms with Gasteiger partial charge in [0.2, 0.25) is 0 Å². The molecule has 0 aromatic carbocycles. The van der Waals surface area contributed by atoms with Crippen LogP contribution in [0.15, 0.2) is 0 Å². The zero-order valence-electron chi connectivity index (χ0n) is 9.88. The molecule has 2 nitrogen and oxygen atoms in total. The summed E-state index contributed by atoms with van der Waals surface area (Å²) in [7, 11) is 0. The maximum Gasteiger partial charge on any atom is 0.133 e. The summed E-state index contributed by atoms with van der Waals surface area (Å²) < 4.78 is 0.825. The van der Waals surface area contributed by atoms with Crippen LogP contribution in [-0.4, -0.2) is 15.7 Å². The minimum absolute atomic E-state index is 0.738. The Morgan fingerprint density at radius 1 is 1.44 bits per heavy atom. The third kappa shape index (κ3) is 2.86. The maximum atomic E-state index is 5.33. The zero-order valence-corrected chi connectivity index (χ0v) is 11.5. The molecule has 0 fully saturated rings. The molecule has 0 amide bonds. The Hall–Kier alpha value is -0.350. The molecule has 16 heavy (non-hydrogen) atoms. The monoisotopic (exact) mass is 254 g/mol. The number of rotatable bonds is 4. The van der Waals surface area contributed by atoms with E-state index in [1.165, 1.54) is 23.4 Å². The standard InChI is InChI=1S/C12H18N2S2/c1-8(2)6-16-7-11-13-10-5-3-4-9(10)12(15)14-11/h8H,3-7H2,1-2H3,(H,13,14,15). The van der Waals surface area contributed by atoms with Crippen molar-refractivity contribution >= 4 is 24.0 Å². The molecule has 1 N–H and O–H groups in total. The first-order valence-electron chi connectivity index (χ1n) is 5.85. The first-order valence-corrected chi connectivity index (χ1v) is 7.42. The van der Waals surface area contributed by atoms with Crippen molar-refractivity contribution in [2.24, 2.45) is 5.92 Å². The van der Waals surface area contributed by atoms with E-state index in [9.17, 15) is 0 Å². The summed E-state index contributed by atoms with van der Waals surface area (Å²) in [6.45, 7) is 4.48. The number of thioether (sulfide) groups is 1. The highest BCUT2D eigenvalue weighted by atomic mass is 32.2. The lowest BCUT2D eigenvalue weighted by atomic mass is 10.3. The van der Waals surface area contributed by atoms with E-state index >= 15 is 0 Å². The molecule has 1 heterocycles. The molecular weight excluding hydrogens is 236 g/mol. The Bertz CT molecular complexity index is 424. The SMILES string of the molecule is CC(C)CSCc1nc(=S)c2c([nH]1)CCC2. The van der Waals surface area contributed by atoms with E-state index in [1.807, 2.05) is 11.8 Å². The molecule has 1 aliphatic carbocycles. The zero-order chi connectivity index (χ0) is 11.5. The summed E-state index contributed by atoms with van der Waals surface area (Å²) in [6, 6.07) is 0. The Labute approximate surface area is 106 Å². The molecule has 4 heteroatoms. The quantitative estimate of drug-likeness (QED) is 0.834. The number of aromatic amines is 1. The van der Waals surface area contributed by atoms with Crippen molar-refractivity contribution in [3.63, 3.8) is 0 Å². The topological polar surface area (TPSA) is 28.7 Å². The Morgan fingerprint density at radius 2 is 2.25 bits per heavy atom. The van der Waals surface area contributed by atoms with Gasteiger partial charge in [-0.1, -0.05) is 26.1 Å². The molecule has 0 aliphatic heterocycles. The molecule has 1 aliphatic rings. The molecule has 0 spiro atoms. The molecule has 0 atom stereocenters. The van der Waals surface area contributed by atoms with Crippen LogP contribution < -0.4 is 0 Å². The van der Waals surface area contributed by atoms with Gasteiger partial charge in [-0.05, 0) is 30.9 Å². The van der Waals surface area contributed by atoms with Gasteiger partial charge in [-0.3, -0.25) is 0 Å². The molecule has 2 rings (SSSR count). The predicted molar refractivity (Wildman–Crippen MR) is 72.4 cm³/mol. The number of aromatic nitrogens is 2. The largest absolute Gasteiger partial charge is 0.346 e. The predicted octanol–water partition coefficient (Wildman–Crippen LogP) is 3.52. The number of fused-ring (bicyclic) bond motifs is 1. The van der Waals surface area contributed by atoms with Crippen LogP contribution in [0.2, 0.25) is 0 Å². The van der Waals surface area contributed by atoms with Gasteiger partial charge in [0.15, 0.2) is 0 Å². The van der Waals surface area contributed by atoms with Gasteiger partial charge in [0.05, 0.1) is 5.75 Å². The first-order chi connectivity index (χ1) is 7.66. The Morgan fingerprint density at radius 3 is 3.00 bits per heavy atom. The van der Waals surface area contributed by atoms with Crippen LogP contribution in [0.1, 0.15) is 37.4 Å². The van der Waals surface area contributed by atoms with Gasteiger partial charge >= 0.3 is 0 Å². The molecule has 1 aromatic heterocycles. The molecule has 0 radical (unpaired) electrons. The van der Waals surface area contributed by atoms with Gasteiger partial charge < -0.3 is 4.98 Å². The van der Waals surface area contributed by atoms with Crippen LogP contribution in [0.3, 0.4) is 0 Å². The first kappa shape index (κ1) is 12.1. The smallest absolute Gasteiger partial charge is 0.133 e. The summed E-state index contributed by atoms with van der Waals surface area (Å²) in [5.74, 6) is 3.92. The number of H-pyrrole nitrogens is 1. The molecule has 0 saturated heterocycles. The second-order valence-corrected chi connectivity index (χ2v) is 6.13. The van der Waals surface area contributed by atoms with Crippen molar-refractivity contribution < 1.29 is 0 Å². The number of hydrogen-bond acceptors (Lipinski definition) is 3. The van der Waals surface area contributed by atoms with Crippen molar-refractivity contribution in [3.05, 3.63) is 21.7 Å². The van der Waals surface area contributed by atoms with E-state index in [1.54, 1.807) is 0 Å². The van der Waals surface area contributed by atoms with E-state index in [4.69, 9.17) is 12.2 Å². The third-order valence-electron chi connectivity index (χ3n) is 2.70. The number of aryl methyl sites for hydroxylation is 1. The average Bonchev–Trinajstić information content (AvgIpc) is 2.65. The minimum Gasteiger partial charge on any atom is -0.346 e. The summed E-state index contributed by atoms with van der Waals surface area (Å²) in [5.41, 5.74) is 2.62. The van der Waals surface area contributed by atoms with Gasteiger partial charge in [-0.15, -0.1) is 0 Å². The van der Waals surface area contributed by atoms with Crippen molar-refractivity contribution in [2.45, 2.75) is 38.9 Å². The van der Waals surface area contributed by atoms with Gasteiger partial charge in [-0.25, -0.2) is 4.98 Å². The maximum absolute atomic E-state index is 5.33. The van der Waals surface area contributed by atoms with Crippen molar-refractivity contribution in [1.29, 1.82) is 0 Å². The summed E-state index contributed by atoms with van der Waals surface area (Å²) >= 11 is 7.26. The van der Waals surface area contributed by atoms with Gasteiger partial charge in [0.25, 0.3) is 0 Å². The highest BCUT2D eigenvalue weighted by Gasteiger charge is 2.14. The van der Waals surface area contributed by atoms with Gasteiger partial charge in [0.1, 0.15) is 10.5 Å².